The number of aromatic nitrogens is 2. The molecule has 4 atom stereocenters. The maximum atomic E-state index is 16.4. The number of benzene rings is 3. The van der Waals surface area contributed by atoms with E-state index in [0.29, 0.717) is 41.1 Å². The van der Waals surface area contributed by atoms with Crippen LogP contribution in [0.25, 0.3) is 32.8 Å². The Hall–Kier alpha value is -3.49. The van der Waals surface area contributed by atoms with Crippen molar-refractivity contribution in [2.45, 2.75) is 50.3 Å². The third kappa shape index (κ3) is 4.12. The molecule has 38 heavy (non-hydrogen) atoms. The first-order valence-corrected chi connectivity index (χ1v) is 13.7. The summed E-state index contributed by atoms with van der Waals surface area (Å²) in [5.41, 5.74) is 1.29. The minimum atomic E-state index is -0.427. The first kappa shape index (κ1) is 23.6. The lowest BCUT2D eigenvalue weighted by atomic mass is 9.96. The Labute approximate surface area is 220 Å². The third-order valence-corrected chi connectivity index (χ3v) is 8.58. The van der Waals surface area contributed by atoms with Crippen LogP contribution in [0.3, 0.4) is 0 Å². The number of rotatable bonds is 5. The Morgan fingerprint density at radius 1 is 0.947 bits per heavy atom. The number of anilines is 2. The van der Waals surface area contributed by atoms with E-state index in [1.54, 1.807) is 18.2 Å². The molecule has 0 radical (unpaired) electrons. The summed E-state index contributed by atoms with van der Waals surface area (Å²) in [5, 5.41) is 30.1. The molecule has 3 aromatic carbocycles. The fraction of sp³-hybridized carbons (Fsp3) is 0.400. The van der Waals surface area contributed by atoms with Gasteiger partial charge in [0.2, 0.25) is 5.95 Å². The number of hydrogen-bond donors (Lipinski definition) is 4. The number of aliphatic hydroxyl groups is 1. The van der Waals surface area contributed by atoms with E-state index in [1.807, 2.05) is 30.3 Å². The zero-order chi connectivity index (χ0) is 25.8. The first-order valence-electron chi connectivity index (χ1n) is 13.7. The summed E-state index contributed by atoms with van der Waals surface area (Å²) in [5.74, 6) is 0.935. The molecule has 0 spiro atoms. The van der Waals surface area contributed by atoms with E-state index in [2.05, 4.69) is 20.5 Å². The van der Waals surface area contributed by atoms with Crippen molar-refractivity contribution in [3.05, 3.63) is 54.3 Å². The fourth-order valence-electron chi connectivity index (χ4n) is 6.64. The Morgan fingerprint density at radius 3 is 2.55 bits per heavy atom. The van der Waals surface area contributed by atoms with Crippen molar-refractivity contribution >= 4 is 33.4 Å². The third-order valence-electron chi connectivity index (χ3n) is 8.58. The molecule has 196 valence electrons. The van der Waals surface area contributed by atoms with Crippen LogP contribution in [-0.4, -0.2) is 58.0 Å². The van der Waals surface area contributed by atoms with Gasteiger partial charge in [0.15, 0.2) is 5.82 Å². The Morgan fingerprint density at radius 2 is 1.76 bits per heavy atom. The van der Waals surface area contributed by atoms with Gasteiger partial charge in [-0.05, 0) is 60.2 Å². The predicted molar refractivity (Wildman–Crippen MR) is 148 cm³/mol. The molecule has 1 aliphatic carbocycles. The number of halogens is 1. The average molecular weight is 514 g/mol. The number of phenols is 1. The van der Waals surface area contributed by atoms with E-state index < -0.39 is 5.82 Å². The van der Waals surface area contributed by atoms with E-state index in [-0.39, 0.29) is 23.3 Å². The van der Waals surface area contributed by atoms with Crippen LogP contribution in [0, 0.1) is 11.7 Å². The van der Waals surface area contributed by atoms with Crippen molar-refractivity contribution in [3.8, 4) is 16.9 Å². The Bertz CT molecular complexity index is 1520. The summed E-state index contributed by atoms with van der Waals surface area (Å²) in [7, 11) is 0. The molecule has 4 aromatic rings. The zero-order valence-corrected chi connectivity index (χ0v) is 21.2. The highest BCUT2D eigenvalue weighted by Crippen LogP contribution is 2.39. The lowest BCUT2D eigenvalue weighted by Gasteiger charge is -2.34. The Kier molecular flexibility index (Phi) is 5.82. The molecule has 2 saturated heterocycles. The number of nitrogens with one attached hydrogen (secondary N) is 2. The minimum absolute atomic E-state index is 0.0929. The van der Waals surface area contributed by atoms with Gasteiger partial charge in [0.25, 0.3) is 0 Å². The number of nitrogens with zero attached hydrogens (tertiary/aromatic N) is 3. The van der Waals surface area contributed by atoms with E-state index in [1.165, 1.54) is 0 Å². The van der Waals surface area contributed by atoms with Crippen LogP contribution in [0.4, 0.5) is 16.2 Å². The van der Waals surface area contributed by atoms with Crippen molar-refractivity contribution in [1.82, 2.24) is 15.3 Å². The monoisotopic (exact) mass is 513 g/mol. The smallest absolute Gasteiger partial charge is 0.225 e. The quantitative estimate of drug-likeness (QED) is 0.304. The maximum absolute atomic E-state index is 16.4. The molecule has 2 bridgehead atoms. The van der Waals surface area contributed by atoms with Gasteiger partial charge in [0, 0.05) is 48.6 Å². The number of fused-ring (bicyclic) bond motifs is 4. The predicted octanol–water partition coefficient (Wildman–Crippen LogP) is 4.81. The number of aliphatic hydroxyl groups excluding tert-OH is 1. The van der Waals surface area contributed by atoms with E-state index in [4.69, 9.17) is 4.98 Å². The van der Waals surface area contributed by atoms with Gasteiger partial charge in [-0.2, -0.15) is 4.98 Å². The summed E-state index contributed by atoms with van der Waals surface area (Å²) >= 11 is 0. The van der Waals surface area contributed by atoms with Gasteiger partial charge >= 0.3 is 0 Å². The highest BCUT2D eigenvalue weighted by atomic mass is 19.1. The van der Waals surface area contributed by atoms with Crippen LogP contribution in [-0.2, 0) is 0 Å². The SMILES string of the molecule is Oc1cc(-c2ccc3c(N4C[C@H]5CC[C@@H](C4)N5)nc(NCC4CCCC4O)nc3c2F)c2ccccc2c1. The average Bonchev–Trinajstić information content (AvgIpc) is 3.50. The summed E-state index contributed by atoms with van der Waals surface area (Å²) < 4.78 is 16.4. The highest BCUT2D eigenvalue weighted by Gasteiger charge is 2.34. The second kappa shape index (κ2) is 9.36. The summed E-state index contributed by atoms with van der Waals surface area (Å²) in [4.78, 5) is 11.8. The van der Waals surface area contributed by atoms with Crippen LogP contribution in [0.15, 0.2) is 48.5 Å². The summed E-state index contributed by atoms with van der Waals surface area (Å²) in [6.07, 6.45) is 4.73. The van der Waals surface area contributed by atoms with Gasteiger partial charge in [0.05, 0.1) is 6.10 Å². The second-order valence-corrected chi connectivity index (χ2v) is 11.1. The lowest BCUT2D eigenvalue weighted by molar-refractivity contribution is 0.138. The second-order valence-electron chi connectivity index (χ2n) is 11.1. The lowest BCUT2D eigenvalue weighted by Crippen LogP contribution is -2.51. The first-order chi connectivity index (χ1) is 18.5. The van der Waals surface area contributed by atoms with Crippen molar-refractivity contribution in [1.29, 1.82) is 0 Å². The molecule has 7 rings (SSSR count). The molecule has 3 heterocycles. The van der Waals surface area contributed by atoms with Gasteiger partial charge in [-0.15, -0.1) is 0 Å². The molecular formula is C30H32FN5O2. The molecular weight excluding hydrogens is 481 g/mol. The van der Waals surface area contributed by atoms with E-state index in [0.717, 1.165) is 61.8 Å². The number of hydrogen-bond acceptors (Lipinski definition) is 7. The standard InChI is InChI=1S/C30H32FN5O2/c31-27-23(25-13-21(37)12-17-4-1-2-6-22(17)25)10-11-24-28(27)34-30(32-14-18-5-3-7-26(18)38)35-29(24)36-15-19-8-9-20(16-36)33-19/h1-2,4,6,10-13,18-20,26,33,37-38H,3,5,7-9,14-16H2,(H,32,34,35)/t18?,19-,20+,26?. The summed E-state index contributed by atoms with van der Waals surface area (Å²) in [6.45, 7) is 2.20. The van der Waals surface area contributed by atoms with Crippen LogP contribution < -0.4 is 15.5 Å². The number of aromatic hydroxyl groups is 1. The number of piperazine rings is 1. The molecule has 7 nitrogen and oxygen atoms in total. The van der Waals surface area contributed by atoms with Crippen LogP contribution in [0.2, 0.25) is 0 Å². The molecule has 1 aromatic heterocycles. The van der Waals surface area contributed by atoms with Crippen molar-refractivity contribution in [3.63, 3.8) is 0 Å². The van der Waals surface area contributed by atoms with Crippen molar-refractivity contribution in [2.24, 2.45) is 5.92 Å². The number of phenolic OH excluding ortho intramolecular Hbond substituents is 1. The van der Waals surface area contributed by atoms with E-state index in [9.17, 15) is 10.2 Å². The van der Waals surface area contributed by atoms with Crippen LogP contribution in [0.5, 0.6) is 5.75 Å². The molecule has 4 N–H and O–H groups in total. The zero-order valence-electron chi connectivity index (χ0n) is 21.2. The fourth-order valence-corrected chi connectivity index (χ4v) is 6.64. The van der Waals surface area contributed by atoms with Gasteiger partial charge in [-0.25, -0.2) is 9.37 Å². The Balaban J connectivity index is 1.36. The largest absolute Gasteiger partial charge is 0.508 e. The molecule has 8 heteroatoms. The van der Waals surface area contributed by atoms with Crippen LogP contribution in [0.1, 0.15) is 32.1 Å². The maximum Gasteiger partial charge on any atom is 0.225 e. The van der Waals surface area contributed by atoms with Gasteiger partial charge in [0.1, 0.15) is 17.1 Å². The normalized spacial score (nSPS) is 24.9. The van der Waals surface area contributed by atoms with Crippen molar-refractivity contribution in [2.75, 3.05) is 29.9 Å². The minimum Gasteiger partial charge on any atom is -0.508 e. The van der Waals surface area contributed by atoms with Gasteiger partial charge in [-0.3, -0.25) is 0 Å². The molecule has 2 aliphatic heterocycles. The van der Waals surface area contributed by atoms with Crippen LogP contribution >= 0.6 is 0 Å². The molecule has 3 aliphatic rings. The topological polar surface area (TPSA) is 93.5 Å². The van der Waals surface area contributed by atoms with Crippen molar-refractivity contribution < 1.29 is 14.6 Å². The van der Waals surface area contributed by atoms with E-state index >= 15 is 4.39 Å². The molecule has 3 fully saturated rings. The molecule has 1 saturated carbocycles. The molecule has 0 amide bonds. The highest BCUT2D eigenvalue weighted by molar-refractivity contribution is 6.01. The van der Waals surface area contributed by atoms with Gasteiger partial charge < -0.3 is 25.7 Å². The summed E-state index contributed by atoms with van der Waals surface area (Å²) in [6, 6.07) is 15.5. The molecule has 2 unspecified atom stereocenters. The van der Waals surface area contributed by atoms with Gasteiger partial charge in [-0.1, -0.05) is 36.8 Å².